The smallest absolute Gasteiger partial charge is 0.349 e. The van der Waals surface area contributed by atoms with Crippen molar-refractivity contribution in [2.45, 2.75) is 32.5 Å². The van der Waals surface area contributed by atoms with Crippen LogP contribution in [0.1, 0.15) is 24.9 Å². The van der Waals surface area contributed by atoms with Crippen LogP contribution in [0.3, 0.4) is 0 Å². The molecule has 1 saturated carbocycles. The molecule has 9 heteroatoms. The van der Waals surface area contributed by atoms with Crippen LogP contribution in [-0.2, 0) is 9.53 Å². The Morgan fingerprint density at radius 3 is 2.91 bits per heavy atom. The molecule has 0 aromatic carbocycles. The molecule has 0 bridgehead atoms. The van der Waals surface area contributed by atoms with Crippen molar-refractivity contribution in [1.29, 1.82) is 0 Å². The van der Waals surface area contributed by atoms with Gasteiger partial charge in [-0.05, 0) is 13.3 Å². The average Bonchev–Trinajstić information content (AvgIpc) is 3.02. The fourth-order valence-electron chi connectivity index (χ4n) is 2.69. The number of hydrogen-bond donors (Lipinski definition) is 0. The summed E-state index contributed by atoms with van der Waals surface area (Å²) in [6.07, 6.45) is 3.54. The summed E-state index contributed by atoms with van der Waals surface area (Å²) in [7, 11) is 0. The van der Waals surface area contributed by atoms with E-state index in [1.165, 1.54) is 28.8 Å². The first-order valence-electron chi connectivity index (χ1n) is 7.19. The van der Waals surface area contributed by atoms with Crippen LogP contribution in [0, 0.1) is 12.8 Å². The molecule has 3 atom stereocenters. The van der Waals surface area contributed by atoms with Gasteiger partial charge >= 0.3 is 11.7 Å². The van der Waals surface area contributed by atoms with Gasteiger partial charge in [-0.3, -0.25) is 9.36 Å². The molecule has 0 aliphatic heterocycles. The molecule has 3 rings (SSSR count). The van der Waals surface area contributed by atoms with Gasteiger partial charge in [0.1, 0.15) is 18.8 Å². The van der Waals surface area contributed by atoms with Crippen molar-refractivity contribution in [3.05, 3.63) is 34.9 Å². The van der Waals surface area contributed by atoms with E-state index >= 15 is 0 Å². The molecule has 0 saturated heterocycles. The first-order chi connectivity index (χ1) is 11.0. The third-order valence-electron chi connectivity index (χ3n) is 3.96. The van der Waals surface area contributed by atoms with Gasteiger partial charge in [0.15, 0.2) is 5.82 Å². The predicted octanol–water partition coefficient (Wildman–Crippen LogP) is 0.595. The van der Waals surface area contributed by atoms with Crippen molar-refractivity contribution in [3.63, 3.8) is 0 Å². The van der Waals surface area contributed by atoms with Gasteiger partial charge in [0.05, 0.1) is 12.6 Å². The van der Waals surface area contributed by atoms with E-state index in [1.807, 2.05) is 0 Å². The van der Waals surface area contributed by atoms with Gasteiger partial charge in [-0.1, -0.05) is 0 Å². The number of halogens is 1. The summed E-state index contributed by atoms with van der Waals surface area (Å²) in [5.41, 5.74) is 0.144. The number of rotatable bonds is 4. The quantitative estimate of drug-likeness (QED) is 0.766. The second kappa shape index (κ2) is 5.90. The largest absolute Gasteiger partial charge is 0.465 e. The Labute approximate surface area is 130 Å². The van der Waals surface area contributed by atoms with E-state index in [4.69, 9.17) is 4.74 Å². The van der Waals surface area contributed by atoms with Crippen LogP contribution in [0.4, 0.5) is 4.39 Å². The van der Waals surface area contributed by atoms with E-state index in [9.17, 15) is 14.0 Å². The van der Waals surface area contributed by atoms with Crippen molar-refractivity contribution in [2.24, 2.45) is 5.92 Å². The second-order valence-corrected chi connectivity index (χ2v) is 5.59. The molecule has 23 heavy (non-hydrogen) atoms. The molecule has 0 N–H and O–H groups in total. The number of carbonyl (C=O) groups is 1. The van der Waals surface area contributed by atoms with E-state index in [0.717, 1.165) is 0 Å². The molecular formula is C14H16FN5O3. The average molecular weight is 321 g/mol. The Morgan fingerprint density at radius 1 is 1.52 bits per heavy atom. The molecule has 122 valence electrons. The molecule has 8 nitrogen and oxygen atoms in total. The van der Waals surface area contributed by atoms with Crippen molar-refractivity contribution in [2.75, 3.05) is 6.61 Å². The predicted molar refractivity (Wildman–Crippen MR) is 76.8 cm³/mol. The first-order valence-corrected chi connectivity index (χ1v) is 7.19. The minimum Gasteiger partial charge on any atom is -0.465 e. The van der Waals surface area contributed by atoms with Gasteiger partial charge in [0.25, 0.3) is 0 Å². The highest BCUT2D eigenvalue weighted by Gasteiger charge is 2.44. The maximum absolute atomic E-state index is 14.3. The number of nitrogens with zero attached hydrogens (tertiary/aromatic N) is 5. The van der Waals surface area contributed by atoms with Crippen molar-refractivity contribution in [1.82, 2.24) is 24.3 Å². The maximum atomic E-state index is 14.3. The Morgan fingerprint density at radius 2 is 2.30 bits per heavy atom. The fourth-order valence-corrected chi connectivity index (χ4v) is 2.69. The summed E-state index contributed by atoms with van der Waals surface area (Å²) in [5.74, 6) is -0.450. The zero-order chi connectivity index (χ0) is 16.6. The summed E-state index contributed by atoms with van der Waals surface area (Å²) in [6.45, 7) is 3.08. The lowest BCUT2D eigenvalue weighted by atomic mass is 9.78. The normalized spacial score (nSPS) is 23.3. The highest BCUT2D eigenvalue weighted by molar-refractivity contribution is 5.65. The lowest BCUT2D eigenvalue weighted by Crippen LogP contribution is -2.46. The van der Waals surface area contributed by atoms with Crippen LogP contribution in [0.2, 0.25) is 0 Å². The van der Waals surface area contributed by atoms with Crippen LogP contribution in [0.15, 0.2) is 23.6 Å². The number of aryl methyl sites for hydroxylation is 1. The lowest BCUT2D eigenvalue weighted by Gasteiger charge is -2.39. The highest BCUT2D eigenvalue weighted by Crippen LogP contribution is 2.40. The maximum Gasteiger partial charge on any atom is 0.349 e. The molecule has 2 aromatic heterocycles. The first kappa shape index (κ1) is 15.3. The van der Waals surface area contributed by atoms with E-state index < -0.39 is 23.9 Å². The molecule has 0 amide bonds. The Hall–Kier alpha value is -2.58. The number of ether oxygens (including phenoxy) is 1. The molecule has 1 aliphatic carbocycles. The molecule has 1 fully saturated rings. The van der Waals surface area contributed by atoms with Crippen molar-refractivity contribution >= 4 is 5.97 Å². The summed E-state index contributed by atoms with van der Waals surface area (Å²) in [6, 6.07) is -0.584. The molecule has 0 spiro atoms. The fraction of sp³-hybridized carbons (Fsp3) is 0.500. The van der Waals surface area contributed by atoms with Gasteiger partial charge in [-0.25, -0.2) is 18.9 Å². The molecule has 0 radical (unpaired) electrons. The number of hydrogen-bond acceptors (Lipinski definition) is 6. The second-order valence-electron chi connectivity index (χ2n) is 5.59. The van der Waals surface area contributed by atoms with Crippen molar-refractivity contribution < 1.29 is 13.9 Å². The molecule has 2 aromatic rings. The van der Waals surface area contributed by atoms with Gasteiger partial charge in [0.2, 0.25) is 0 Å². The SMILES string of the molecule is CC(=O)OC[C@H]1C[C@@H](n2cc(C)c(-n3cncn3)nc2=O)C1F. The van der Waals surface area contributed by atoms with Crippen LogP contribution in [-0.4, -0.2) is 43.1 Å². The van der Waals surface area contributed by atoms with Gasteiger partial charge in [-0.2, -0.15) is 10.1 Å². The van der Waals surface area contributed by atoms with E-state index in [1.54, 1.807) is 13.1 Å². The van der Waals surface area contributed by atoms with Crippen molar-refractivity contribution in [3.8, 4) is 5.82 Å². The van der Waals surface area contributed by atoms with Gasteiger partial charge in [0, 0.05) is 24.6 Å². The minimum atomic E-state index is -1.24. The molecule has 2 heterocycles. The summed E-state index contributed by atoms with van der Waals surface area (Å²) < 4.78 is 21.8. The monoisotopic (exact) mass is 321 g/mol. The Kier molecular flexibility index (Phi) is 3.93. The Bertz CT molecular complexity index is 773. The topological polar surface area (TPSA) is 91.9 Å². The van der Waals surface area contributed by atoms with E-state index in [0.29, 0.717) is 17.8 Å². The summed E-state index contributed by atoms with van der Waals surface area (Å²) in [5, 5.41) is 3.94. The zero-order valence-electron chi connectivity index (χ0n) is 12.7. The van der Waals surface area contributed by atoms with Crippen LogP contribution < -0.4 is 5.69 Å². The third-order valence-corrected chi connectivity index (χ3v) is 3.96. The standard InChI is InChI=1S/C14H16FN5O3/c1-8-4-19(11-3-10(12(11)15)5-23-9(2)21)14(22)18-13(8)20-7-16-6-17-20/h4,6-7,10-12H,3,5H2,1-2H3/t10-,11-,12?/m1/s1. The van der Waals surface area contributed by atoms with E-state index in [-0.39, 0.29) is 12.5 Å². The van der Waals surface area contributed by atoms with Gasteiger partial charge in [-0.15, -0.1) is 0 Å². The number of carbonyl (C=O) groups excluding carboxylic acids is 1. The van der Waals surface area contributed by atoms with Crippen LogP contribution in [0.5, 0.6) is 0 Å². The summed E-state index contributed by atoms with van der Waals surface area (Å²) in [4.78, 5) is 30.7. The minimum absolute atomic E-state index is 0.0329. The van der Waals surface area contributed by atoms with Gasteiger partial charge < -0.3 is 4.74 Å². The number of aromatic nitrogens is 5. The summed E-state index contributed by atoms with van der Waals surface area (Å²) >= 11 is 0. The molecular weight excluding hydrogens is 305 g/mol. The van der Waals surface area contributed by atoms with E-state index in [2.05, 4.69) is 15.1 Å². The van der Waals surface area contributed by atoms with Crippen LogP contribution >= 0.6 is 0 Å². The van der Waals surface area contributed by atoms with Crippen LogP contribution in [0.25, 0.3) is 5.82 Å². The zero-order valence-corrected chi connectivity index (χ0v) is 12.7. The number of esters is 1. The number of alkyl halides is 1. The third kappa shape index (κ3) is 2.86. The molecule has 1 unspecified atom stereocenters. The Balaban J connectivity index is 1.79. The molecule has 1 aliphatic rings. The highest BCUT2D eigenvalue weighted by atomic mass is 19.1. The lowest BCUT2D eigenvalue weighted by molar-refractivity contribution is -0.145.